The fraction of sp³-hybridized carbons (Fsp3) is 0.385. The summed E-state index contributed by atoms with van der Waals surface area (Å²) in [7, 11) is 0. The van der Waals surface area contributed by atoms with Gasteiger partial charge in [0.1, 0.15) is 0 Å². The van der Waals surface area contributed by atoms with E-state index in [0.29, 0.717) is 40.2 Å². The van der Waals surface area contributed by atoms with Crippen LogP contribution >= 0.6 is 23.2 Å². The van der Waals surface area contributed by atoms with Crippen molar-refractivity contribution in [3.05, 3.63) is 70.0 Å². The van der Waals surface area contributed by atoms with E-state index in [2.05, 4.69) is 14.7 Å². The van der Waals surface area contributed by atoms with Crippen LogP contribution < -0.4 is 4.90 Å². The number of aromatic nitrogens is 2. The molecular formula is C26H25Cl2N3O3. The fourth-order valence-corrected chi connectivity index (χ4v) is 6.14. The van der Waals surface area contributed by atoms with E-state index in [9.17, 15) is 4.79 Å². The number of benzene rings is 2. The highest BCUT2D eigenvalue weighted by atomic mass is 35.5. The Morgan fingerprint density at radius 3 is 2.41 bits per heavy atom. The summed E-state index contributed by atoms with van der Waals surface area (Å²) in [5.74, 6) is -0.445. The summed E-state index contributed by atoms with van der Waals surface area (Å²) in [6.07, 6.45) is 6.38. The molecule has 1 aliphatic heterocycles. The molecule has 6 rings (SSSR count). The number of halogens is 2. The van der Waals surface area contributed by atoms with Gasteiger partial charge in [0.05, 0.1) is 46.3 Å². The molecule has 2 bridgehead atoms. The number of rotatable bonds is 7. The molecule has 34 heavy (non-hydrogen) atoms. The smallest absolute Gasteiger partial charge is 0.335 e. The summed E-state index contributed by atoms with van der Waals surface area (Å²) in [4.78, 5) is 13.5. The van der Waals surface area contributed by atoms with Gasteiger partial charge in [-0.1, -0.05) is 29.3 Å². The van der Waals surface area contributed by atoms with Crippen LogP contribution in [0.5, 0.6) is 0 Å². The SMILES string of the molecule is O=C(O)c1ccc(N2C[C@@H]3C[C@H]2C[C@H]3OCc2c(-c3c(Cl)cccc3Cl)cnn2C2CC2)cc1. The number of aromatic carboxylic acids is 1. The monoisotopic (exact) mass is 497 g/mol. The average molecular weight is 498 g/mol. The largest absolute Gasteiger partial charge is 0.478 e. The third-order valence-corrected chi connectivity index (χ3v) is 8.01. The Balaban J connectivity index is 1.17. The van der Waals surface area contributed by atoms with Gasteiger partial charge in [0.2, 0.25) is 0 Å². The van der Waals surface area contributed by atoms with Crippen LogP contribution in [0.4, 0.5) is 5.69 Å². The van der Waals surface area contributed by atoms with Gasteiger partial charge >= 0.3 is 5.97 Å². The first kappa shape index (κ1) is 22.0. The van der Waals surface area contributed by atoms with E-state index in [0.717, 1.165) is 54.7 Å². The number of nitrogens with zero attached hydrogens (tertiary/aromatic N) is 3. The summed E-state index contributed by atoms with van der Waals surface area (Å²) in [6, 6.07) is 13.6. The number of ether oxygens (including phenoxy) is 1. The Morgan fingerprint density at radius 1 is 1.06 bits per heavy atom. The minimum atomic E-state index is -0.897. The first-order valence-electron chi connectivity index (χ1n) is 11.7. The third-order valence-electron chi connectivity index (χ3n) is 7.38. The lowest BCUT2D eigenvalue weighted by atomic mass is 10.0. The van der Waals surface area contributed by atoms with Gasteiger partial charge in [-0.15, -0.1) is 0 Å². The minimum Gasteiger partial charge on any atom is -0.478 e. The van der Waals surface area contributed by atoms with Gasteiger partial charge < -0.3 is 14.7 Å². The summed E-state index contributed by atoms with van der Waals surface area (Å²) < 4.78 is 8.62. The molecule has 0 spiro atoms. The highest BCUT2D eigenvalue weighted by molar-refractivity contribution is 6.39. The molecule has 0 radical (unpaired) electrons. The molecule has 2 aromatic carbocycles. The number of hydrogen-bond donors (Lipinski definition) is 1. The van der Waals surface area contributed by atoms with Gasteiger partial charge in [-0.2, -0.15) is 5.10 Å². The van der Waals surface area contributed by atoms with Gasteiger partial charge in [-0.25, -0.2) is 4.79 Å². The molecule has 176 valence electrons. The number of carboxylic acid groups (broad SMARTS) is 1. The van der Waals surface area contributed by atoms with Gasteiger partial charge in [-0.05, 0) is 62.1 Å². The summed E-state index contributed by atoms with van der Waals surface area (Å²) >= 11 is 13.0. The molecule has 0 unspecified atom stereocenters. The van der Waals surface area contributed by atoms with Crippen molar-refractivity contribution in [1.29, 1.82) is 0 Å². The average Bonchev–Trinajstić information content (AvgIpc) is 3.28. The Labute approximate surface area is 208 Å². The normalized spacial score (nSPS) is 23.6. The van der Waals surface area contributed by atoms with E-state index >= 15 is 0 Å². The van der Waals surface area contributed by atoms with E-state index in [1.54, 1.807) is 12.1 Å². The second kappa shape index (κ2) is 8.59. The lowest BCUT2D eigenvalue weighted by Crippen LogP contribution is -2.38. The molecule has 0 amide bonds. The third kappa shape index (κ3) is 3.88. The molecule has 2 heterocycles. The molecule has 1 aromatic heterocycles. The van der Waals surface area contributed by atoms with Crippen molar-refractivity contribution in [3.8, 4) is 11.1 Å². The summed E-state index contributed by atoms with van der Waals surface area (Å²) in [5, 5.41) is 15.1. The first-order valence-corrected chi connectivity index (χ1v) is 12.5. The number of piperidine rings is 1. The highest BCUT2D eigenvalue weighted by Gasteiger charge is 2.45. The van der Waals surface area contributed by atoms with E-state index in [4.69, 9.17) is 33.0 Å². The molecule has 6 nitrogen and oxygen atoms in total. The number of hydrogen-bond acceptors (Lipinski definition) is 4. The van der Waals surface area contributed by atoms with Crippen LogP contribution in [0.3, 0.4) is 0 Å². The fourth-order valence-electron chi connectivity index (χ4n) is 5.54. The van der Waals surface area contributed by atoms with Gasteiger partial charge in [0.25, 0.3) is 0 Å². The van der Waals surface area contributed by atoms with Crippen molar-refractivity contribution in [2.75, 3.05) is 11.4 Å². The van der Waals surface area contributed by atoms with Crippen molar-refractivity contribution in [1.82, 2.24) is 9.78 Å². The number of carboxylic acids is 1. The van der Waals surface area contributed by atoms with Crippen molar-refractivity contribution < 1.29 is 14.6 Å². The zero-order valence-corrected chi connectivity index (χ0v) is 20.0. The van der Waals surface area contributed by atoms with Crippen LogP contribution in [0.1, 0.15) is 47.8 Å². The molecule has 3 atom stereocenters. The molecule has 3 aromatic rings. The Bertz CT molecular complexity index is 1220. The molecule has 3 aliphatic rings. The number of anilines is 1. The van der Waals surface area contributed by atoms with Crippen LogP contribution in [-0.2, 0) is 11.3 Å². The van der Waals surface area contributed by atoms with Crippen molar-refractivity contribution >= 4 is 34.9 Å². The zero-order valence-electron chi connectivity index (χ0n) is 18.5. The second-order valence-electron chi connectivity index (χ2n) is 9.52. The number of carbonyl (C=O) groups is 1. The van der Waals surface area contributed by atoms with E-state index in [1.807, 2.05) is 36.5 Å². The van der Waals surface area contributed by atoms with Crippen LogP contribution in [0.25, 0.3) is 11.1 Å². The van der Waals surface area contributed by atoms with Crippen LogP contribution in [0, 0.1) is 5.92 Å². The summed E-state index contributed by atoms with van der Waals surface area (Å²) in [5.41, 5.74) is 4.21. The molecule has 3 fully saturated rings. The topological polar surface area (TPSA) is 67.6 Å². The Kier molecular flexibility index (Phi) is 5.55. The summed E-state index contributed by atoms with van der Waals surface area (Å²) in [6.45, 7) is 1.40. The molecule has 1 N–H and O–H groups in total. The van der Waals surface area contributed by atoms with Gasteiger partial charge in [0, 0.05) is 35.3 Å². The van der Waals surface area contributed by atoms with Crippen molar-refractivity contribution in [2.24, 2.45) is 5.92 Å². The first-order chi connectivity index (χ1) is 16.5. The zero-order chi connectivity index (χ0) is 23.4. The molecule has 2 saturated carbocycles. The Morgan fingerprint density at radius 2 is 1.79 bits per heavy atom. The lowest BCUT2D eigenvalue weighted by Gasteiger charge is -2.33. The molecular weight excluding hydrogens is 473 g/mol. The maximum atomic E-state index is 11.1. The van der Waals surface area contributed by atoms with Gasteiger partial charge in [0.15, 0.2) is 0 Å². The molecule has 8 heteroatoms. The highest BCUT2D eigenvalue weighted by Crippen LogP contribution is 2.44. The standard InChI is InChI=1S/C26H25Cl2N3O3/c27-21-2-1-3-22(28)25(21)20-12-29-31(18-8-9-18)23(20)14-34-24-11-19-10-16(24)13-30(19)17-6-4-15(5-7-17)26(32)33/h1-7,12,16,18-19,24H,8-11,13-14H2,(H,32,33)/t16-,19-,24+/m0/s1. The maximum Gasteiger partial charge on any atom is 0.335 e. The molecule has 2 aliphatic carbocycles. The van der Waals surface area contributed by atoms with E-state index in [-0.39, 0.29) is 6.10 Å². The lowest BCUT2D eigenvalue weighted by molar-refractivity contribution is 0.00958. The van der Waals surface area contributed by atoms with Crippen molar-refractivity contribution in [3.63, 3.8) is 0 Å². The molecule has 1 saturated heterocycles. The second-order valence-corrected chi connectivity index (χ2v) is 10.3. The number of fused-ring (bicyclic) bond motifs is 2. The predicted molar refractivity (Wildman–Crippen MR) is 132 cm³/mol. The van der Waals surface area contributed by atoms with Crippen LogP contribution in [0.15, 0.2) is 48.7 Å². The van der Waals surface area contributed by atoms with E-state index < -0.39 is 5.97 Å². The Hall–Kier alpha value is -2.54. The maximum absolute atomic E-state index is 11.1. The van der Waals surface area contributed by atoms with Crippen LogP contribution in [-0.4, -0.2) is 39.5 Å². The minimum absolute atomic E-state index is 0.191. The predicted octanol–water partition coefficient (Wildman–Crippen LogP) is 6.07. The van der Waals surface area contributed by atoms with Crippen LogP contribution in [0.2, 0.25) is 10.0 Å². The van der Waals surface area contributed by atoms with Crippen molar-refractivity contribution in [2.45, 2.75) is 50.5 Å². The quantitative estimate of drug-likeness (QED) is 0.428. The van der Waals surface area contributed by atoms with Gasteiger partial charge in [-0.3, -0.25) is 4.68 Å². The van der Waals surface area contributed by atoms with E-state index in [1.165, 1.54) is 0 Å².